The summed E-state index contributed by atoms with van der Waals surface area (Å²) >= 11 is 1.10. The highest BCUT2D eigenvalue weighted by Crippen LogP contribution is 2.31. The van der Waals surface area contributed by atoms with Crippen LogP contribution in [0.2, 0.25) is 0 Å². The van der Waals surface area contributed by atoms with Gasteiger partial charge in [-0.1, -0.05) is 30.2 Å². The van der Waals surface area contributed by atoms with Crippen LogP contribution in [0.3, 0.4) is 0 Å². The third-order valence-electron chi connectivity index (χ3n) is 4.08. The average Bonchev–Trinajstić information content (AvgIpc) is 3.33. The second-order valence-corrected chi connectivity index (χ2v) is 6.62. The van der Waals surface area contributed by atoms with Crippen LogP contribution in [0.25, 0.3) is 17.1 Å². The van der Waals surface area contributed by atoms with E-state index in [9.17, 15) is 4.79 Å². The van der Waals surface area contributed by atoms with Crippen LogP contribution in [-0.4, -0.2) is 30.8 Å². The van der Waals surface area contributed by atoms with Gasteiger partial charge in [0.1, 0.15) is 0 Å². The van der Waals surface area contributed by atoms with Gasteiger partial charge in [0.15, 0.2) is 11.6 Å². The fourth-order valence-electron chi connectivity index (χ4n) is 2.72. The van der Waals surface area contributed by atoms with Gasteiger partial charge in [-0.3, -0.25) is 0 Å². The third-order valence-corrected chi connectivity index (χ3v) is 4.67. The molecular formula is C20H15N5O3S. The predicted molar refractivity (Wildman–Crippen MR) is 109 cm³/mol. The van der Waals surface area contributed by atoms with Crippen LogP contribution in [-0.2, 0) is 7.05 Å². The molecule has 29 heavy (non-hydrogen) atoms. The van der Waals surface area contributed by atoms with Crippen molar-refractivity contribution in [3.05, 3.63) is 64.6 Å². The minimum Gasteiger partial charge on any atom is -0.467 e. The number of rotatable bonds is 5. The van der Waals surface area contributed by atoms with Gasteiger partial charge in [0.25, 0.3) is 5.19 Å². The number of para-hydroxylation sites is 2. The highest BCUT2D eigenvalue weighted by Gasteiger charge is 2.18. The van der Waals surface area contributed by atoms with Crippen molar-refractivity contribution in [1.82, 2.24) is 23.7 Å². The molecular weight excluding hydrogens is 390 g/mol. The van der Waals surface area contributed by atoms with E-state index in [1.165, 1.54) is 16.4 Å². The van der Waals surface area contributed by atoms with Gasteiger partial charge in [0.2, 0.25) is 0 Å². The van der Waals surface area contributed by atoms with E-state index in [0.29, 0.717) is 22.5 Å². The Morgan fingerprint density at radius 1 is 1.17 bits per heavy atom. The molecule has 0 saturated heterocycles. The van der Waals surface area contributed by atoms with Crippen LogP contribution >= 0.6 is 11.5 Å². The molecule has 2 heterocycles. The monoisotopic (exact) mass is 405 g/mol. The molecule has 0 spiro atoms. The molecule has 2 aromatic heterocycles. The van der Waals surface area contributed by atoms with Crippen LogP contribution < -0.4 is 15.2 Å². The Kier molecular flexibility index (Phi) is 4.85. The van der Waals surface area contributed by atoms with Gasteiger partial charge in [-0.25, -0.2) is 14.0 Å². The number of aromatic nitrogens is 5. The Bertz CT molecular complexity index is 1280. The lowest BCUT2D eigenvalue weighted by Crippen LogP contribution is -2.22. The van der Waals surface area contributed by atoms with E-state index in [1.807, 2.05) is 24.3 Å². The first-order valence-corrected chi connectivity index (χ1v) is 9.26. The number of methoxy groups -OCH3 is 1. The maximum Gasteiger partial charge on any atom is 0.353 e. The quantitative estimate of drug-likeness (QED) is 0.475. The van der Waals surface area contributed by atoms with Crippen molar-refractivity contribution in [2.75, 3.05) is 7.11 Å². The molecule has 0 aliphatic rings. The summed E-state index contributed by atoms with van der Waals surface area (Å²) in [5.41, 5.74) is 1.66. The van der Waals surface area contributed by atoms with Gasteiger partial charge >= 0.3 is 11.7 Å². The summed E-state index contributed by atoms with van der Waals surface area (Å²) in [6, 6.07) is 14.6. The van der Waals surface area contributed by atoms with Crippen LogP contribution in [0.4, 0.5) is 0 Å². The minimum atomic E-state index is -0.359. The zero-order valence-corrected chi connectivity index (χ0v) is 16.4. The Hall–Kier alpha value is -3.90. The summed E-state index contributed by atoms with van der Waals surface area (Å²) in [5.74, 6) is 3.52. The number of aryl methyl sites for hydroxylation is 1. The molecule has 0 aliphatic carbocycles. The lowest BCUT2D eigenvalue weighted by atomic mass is 10.1. The van der Waals surface area contributed by atoms with Crippen LogP contribution in [0.1, 0.15) is 5.56 Å². The number of nitrogens with zero attached hydrogens (tertiary/aromatic N) is 5. The Morgan fingerprint density at radius 2 is 2.00 bits per heavy atom. The van der Waals surface area contributed by atoms with Gasteiger partial charge in [0, 0.05) is 29.7 Å². The van der Waals surface area contributed by atoms with E-state index in [2.05, 4.69) is 20.4 Å². The SMILES string of the molecule is C#Cc1cccc(-c2nsc(Oc3ccccc3-n3c(OC)nn(C)c3=O)n2)c1. The molecule has 0 radical (unpaired) electrons. The van der Waals surface area contributed by atoms with Crippen molar-refractivity contribution in [2.45, 2.75) is 0 Å². The summed E-state index contributed by atoms with van der Waals surface area (Å²) < 4.78 is 18.0. The summed E-state index contributed by atoms with van der Waals surface area (Å²) in [5, 5.41) is 4.39. The van der Waals surface area contributed by atoms with Crippen molar-refractivity contribution < 1.29 is 9.47 Å². The number of hydrogen-bond acceptors (Lipinski definition) is 7. The maximum absolute atomic E-state index is 12.5. The molecule has 0 bridgehead atoms. The first-order chi connectivity index (χ1) is 14.1. The van der Waals surface area contributed by atoms with Crippen molar-refractivity contribution in [2.24, 2.45) is 7.05 Å². The molecule has 0 N–H and O–H groups in total. The van der Waals surface area contributed by atoms with E-state index in [-0.39, 0.29) is 11.7 Å². The van der Waals surface area contributed by atoms with E-state index < -0.39 is 0 Å². The van der Waals surface area contributed by atoms with Gasteiger partial charge < -0.3 is 9.47 Å². The second kappa shape index (κ2) is 7.61. The molecule has 0 saturated carbocycles. The number of hydrogen-bond donors (Lipinski definition) is 0. The Labute approximate surface area is 170 Å². The maximum atomic E-state index is 12.5. The second-order valence-electron chi connectivity index (χ2n) is 5.91. The van der Waals surface area contributed by atoms with Crippen molar-refractivity contribution in [3.63, 3.8) is 0 Å². The molecule has 144 valence electrons. The van der Waals surface area contributed by atoms with Gasteiger partial charge in [0.05, 0.1) is 12.8 Å². The zero-order chi connectivity index (χ0) is 20.4. The first-order valence-electron chi connectivity index (χ1n) is 8.48. The molecule has 0 amide bonds. The topological polar surface area (TPSA) is 84.1 Å². The van der Waals surface area contributed by atoms with E-state index in [4.69, 9.17) is 15.9 Å². The normalized spacial score (nSPS) is 10.5. The molecule has 4 rings (SSSR count). The lowest BCUT2D eigenvalue weighted by molar-refractivity contribution is 0.367. The number of ether oxygens (including phenoxy) is 2. The average molecular weight is 405 g/mol. The highest BCUT2D eigenvalue weighted by molar-refractivity contribution is 7.07. The van der Waals surface area contributed by atoms with Crippen LogP contribution in [0, 0.1) is 12.3 Å². The summed E-state index contributed by atoms with van der Waals surface area (Å²) in [6.45, 7) is 0. The van der Waals surface area contributed by atoms with Gasteiger partial charge in [-0.2, -0.15) is 9.36 Å². The molecule has 8 nitrogen and oxygen atoms in total. The van der Waals surface area contributed by atoms with E-state index in [1.54, 1.807) is 31.3 Å². The van der Waals surface area contributed by atoms with Gasteiger partial charge in [-0.15, -0.1) is 11.5 Å². The van der Waals surface area contributed by atoms with Gasteiger partial charge in [-0.05, 0) is 24.3 Å². The fourth-order valence-corrected chi connectivity index (χ4v) is 3.28. The molecule has 0 fully saturated rings. The number of benzene rings is 2. The highest BCUT2D eigenvalue weighted by atomic mass is 32.1. The molecule has 4 aromatic rings. The molecule has 2 aromatic carbocycles. The summed E-state index contributed by atoms with van der Waals surface area (Å²) in [4.78, 5) is 16.9. The van der Waals surface area contributed by atoms with Crippen molar-refractivity contribution >= 4 is 11.5 Å². The summed E-state index contributed by atoms with van der Waals surface area (Å²) in [7, 11) is 3.00. The fraction of sp³-hybridized carbons (Fsp3) is 0.100. The minimum absolute atomic E-state index is 0.151. The third kappa shape index (κ3) is 3.49. The molecule has 0 unspecified atom stereocenters. The largest absolute Gasteiger partial charge is 0.467 e. The Morgan fingerprint density at radius 3 is 2.79 bits per heavy atom. The molecule has 9 heteroatoms. The molecule has 0 aliphatic heterocycles. The first kappa shape index (κ1) is 18.5. The standard InChI is InChI=1S/C20H15N5O3S/c1-4-13-8-7-9-14(12-13)17-21-19(29-23-17)28-16-11-6-5-10-15(16)25-18(27-3)22-24(2)20(25)26/h1,5-12H,2-3H3. The lowest BCUT2D eigenvalue weighted by Gasteiger charge is -2.09. The van der Waals surface area contributed by atoms with Crippen LogP contribution in [0.5, 0.6) is 17.0 Å². The summed E-state index contributed by atoms with van der Waals surface area (Å²) in [6.07, 6.45) is 5.46. The molecule has 0 atom stereocenters. The van der Waals surface area contributed by atoms with E-state index in [0.717, 1.165) is 22.7 Å². The number of terminal acetylenes is 1. The predicted octanol–water partition coefficient (Wildman–Crippen LogP) is 2.87. The zero-order valence-electron chi connectivity index (χ0n) is 15.6. The smallest absolute Gasteiger partial charge is 0.353 e. The van der Waals surface area contributed by atoms with Crippen molar-refractivity contribution in [1.29, 1.82) is 0 Å². The Balaban J connectivity index is 1.70. The van der Waals surface area contributed by atoms with Crippen LogP contribution in [0.15, 0.2) is 53.3 Å². The van der Waals surface area contributed by atoms with Crippen molar-refractivity contribution in [3.8, 4) is 46.4 Å². The van der Waals surface area contributed by atoms with E-state index >= 15 is 0 Å².